The summed E-state index contributed by atoms with van der Waals surface area (Å²) in [5, 5.41) is 11.6. The van der Waals surface area contributed by atoms with Gasteiger partial charge in [-0.25, -0.2) is 0 Å². The number of aliphatic hydroxyl groups excluding tert-OH is 1. The van der Waals surface area contributed by atoms with Crippen LogP contribution in [0.3, 0.4) is 0 Å². The Kier molecular flexibility index (Phi) is 8.34. The van der Waals surface area contributed by atoms with Crippen LogP contribution in [0, 0.1) is 4.91 Å². The van der Waals surface area contributed by atoms with Crippen LogP contribution in [-0.2, 0) is 0 Å². The van der Waals surface area contributed by atoms with Gasteiger partial charge in [-0.05, 0) is 19.3 Å². The van der Waals surface area contributed by atoms with Crippen molar-refractivity contribution in [1.82, 2.24) is 0 Å². The van der Waals surface area contributed by atoms with Crippen molar-refractivity contribution in [1.29, 1.82) is 0 Å². The molecule has 0 saturated carbocycles. The molecule has 1 unspecified atom stereocenters. The first-order chi connectivity index (χ1) is 5.85. The van der Waals surface area contributed by atoms with E-state index in [0.717, 1.165) is 38.5 Å². The van der Waals surface area contributed by atoms with E-state index in [-0.39, 0.29) is 12.6 Å². The van der Waals surface area contributed by atoms with E-state index in [4.69, 9.17) is 5.11 Å². The number of rotatable bonds is 8. The monoisotopic (exact) mass is 173 g/mol. The highest BCUT2D eigenvalue weighted by molar-refractivity contribution is 4.64. The van der Waals surface area contributed by atoms with Gasteiger partial charge in [0, 0.05) is 6.61 Å². The van der Waals surface area contributed by atoms with E-state index in [9.17, 15) is 4.91 Å². The predicted octanol–water partition coefficient (Wildman–Crippen LogP) is 2.47. The summed E-state index contributed by atoms with van der Waals surface area (Å²) in [7, 11) is 0. The zero-order valence-corrected chi connectivity index (χ0v) is 7.83. The third kappa shape index (κ3) is 6.28. The molecule has 0 aliphatic heterocycles. The van der Waals surface area contributed by atoms with E-state index in [2.05, 4.69) is 12.1 Å². The van der Waals surface area contributed by atoms with Crippen molar-refractivity contribution < 1.29 is 5.11 Å². The van der Waals surface area contributed by atoms with E-state index in [0.29, 0.717) is 0 Å². The van der Waals surface area contributed by atoms with Crippen molar-refractivity contribution in [2.24, 2.45) is 5.18 Å². The Morgan fingerprint density at radius 1 is 1.25 bits per heavy atom. The second kappa shape index (κ2) is 8.65. The first-order valence-corrected chi connectivity index (χ1v) is 4.78. The Balaban J connectivity index is 3.25. The van der Waals surface area contributed by atoms with Crippen molar-refractivity contribution >= 4 is 0 Å². The quantitative estimate of drug-likeness (QED) is 0.453. The first-order valence-electron chi connectivity index (χ1n) is 4.78. The van der Waals surface area contributed by atoms with E-state index in [1.54, 1.807) is 0 Å². The summed E-state index contributed by atoms with van der Waals surface area (Å²) in [6.07, 6.45) is 5.68. The SMILES string of the molecule is CCCC(CCCCCO)N=O. The largest absolute Gasteiger partial charge is 0.396 e. The molecular formula is C9H19NO2. The van der Waals surface area contributed by atoms with Gasteiger partial charge in [0.2, 0.25) is 0 Å². The molecular weight excluding hydrogens is 154 g/mol. The fourth-order valence-electron chi connectivity index (χ4n) is 1.25. The highest BCUT2D eigenvalue weighted by Crippen LogP contribution is 2.11. The molecule has 12 heavy (non-hydrogen) atoms. The van der Waals surface area contributed by atoms with Gasteiger partial charge in [-0.2, -0.15) is 4.91 Å². The number of hydrogen-bond donors (Lipinski definition) is 1. The molecule has 3 heteroatoms. The maximum atomic E-state index is 10.3. The summed E-state index contributed by atoms with van der Waals surface area (Å²) < 4.78 is 0. The third-order valence-corrected chi connectivity index (χ3v) is 1.97. The Hall–Kier alpha value is -0.440. The fourth-order valence-corrected chi connectivity index (χ4v) is 1.25. The summed E-state index contributed by atoms with van der Waals surface area (Å²) in [5.74, 6) is 0. The molecule has 0 aromatic heterocycles. The molecule has 0 aliphatic carbocycles. The van der Waals surface area contributed by atoms with Gasteiger partial charge in [0.05, 0.1) is 6.04 Å². The van der Waals surface area contributed by atoms with E-state index in [1.165, 1.54) is 0 Å². The van der Waals surface area contributed by atoms with Crippen molar-refractivity contribution in [3.8, 4) is 0 Å². The van der Waals surface area contributed by atoms with Gasteiger partial charge in [0.1, 0.15) is 0 Å². The zero-order valence-electron chi connectivity index (χ0n) is 7.83. The minimum Gasteiger partial charge on any atom is -0.396 e. The van der Waals surface area contributed by atoms with Gasteiger partial charge in [-0.1, -0.05) is 31.4 Å². The average Bonchev–Trinajstić information content (AvgIpc) is 2.10. The maximum Gasteiger partial charge on any atom is 0.0919 e. The van der Waals surface area contributed by atoms with Crippen LogP contribution in [0.2, 0.25) is 0 Å². The van der Waals surface area contributed by atoms with Crippen molar-refractivity contribution in [2.45, 2.75) is 51.5 Å². The molecule has 1 atom stereocenters. The van der Waals surface area contributed by atoms with Crippen LogP contribution in [0.25, 0.3) is 0 Å². The van der Waals surface area contributed by atoms with E-state index >= 15 is 0 Å². The van der Waals surface area contributed by atoms with Gasteiger partial charge in [0.15, 0.2) is 0 Å². The molecule has 0 amide bonds. The van der Waals surface area contributed by atoms with Crippen LogP contribution >= 0.6 is 0 Å². The van der Waals surface area contributed by atoms with Gasteiger partial charge in [0.25, 0.3) is 0 Å². The highest BCUT2D eigenvalue weighted by Gasteiger charge is 2.05. The Morgan fingerprint density at radius 2 is 2.00 bits per heavy atom. The van der Waals surface area contributed by atoms with Gasteiger partial charge >= 0.3 is 0 Å². The van der Waals surface area contributed by atoms with Crippen LogP contribution in [-0.4, -0.2) is 17.8 Å². The number of unbranched alkanes of at least 4 members (excludes halogenated alkanes) is 2. The van der Waals surface area contributed by atoms with Crippen molar-refractivity contribution in [3.05, 3.63) is 4.91 Å². The van der Waals surface area contributed by atoms with Gasteiger partial charge in [-0.3, -0.25) is 0 Å². The van der Waals surface area contributed by atoms with Crippen molar-refractivity contribution in [2.75, 3.05) is 6.61 Å². The second-order valence-corrected chi connectivity index (χ2v) is 3.12. The molecule has 0 spiro atoms. The lowest BCUT2D eigenvalue weighted by Gasteiger charge is -2.05. The topological polar surface area (TPSA) is 49.7 Å². The summed E-state index contributed by atoms with van der Waals surface area (Å²) in [6.45, 7) is 2.32. The molecule has 0 radical (unpaired) electrons. The standard InChI is InChI=1S/C9H19NO2/c1-2-6-9(10-12)7-4-3-5-8-11/h9,11H,2-8H2,1H3. The lowest BCUT2D eigenvalue weighted by molar-refractivity contribution is 0.281. The zero-order chi connectivity index (χ0) is 9.23. The van der Waals surface area contributed by atoms with Crippen LogP contribution in [0.5, 0.6) is 0 Å². The molecule has 1 N–H and O–H groups in total. The van der Waals surface area contributed by atoms with Gasteiger partial charge in [-0.15, -0.1) is 0 Å². The molecule has 0 rings (SSSR count). The van der Waals surface area contributed by atoms with Crippen LogP contribution in [0.1, 0.15) is 45.4 Å². The molecule has 0 bridgehead atoms. The smallest absolute Gasteiger partial charge is 0.0919 e. The Bertz CT molecular complexity index is 107. The number of nitrogens with zero attached hydrogens (tertiary/aromatic N) is 1. The Morgan fingerprint density at radius 3 is 2.50 bits per heavy atom. The Labute approximate surface area is 74.1 Å². The van der Waals surface area contributed by atoms with Crippen molar-refractivity contribution in [3.63, 3.8) is 0 Å². The summed E-state index contributed by atoms with van der Waals surface area (Å²) in [6, 6.07) is 0.00805. The van der Waals surface area contributed by atoms with Crippen LogP contribution in [0.4, 0.5) is 0 Å². The average molecular weight is 173 g/mol. The molecule has 0 saturated heterocycles. The molecule has 0 aromatic carbocycles. The summed E-state index contributed by atoms with van der Waals surface area (Å²) in [4.78, 5) is 10.3. The molecule has 0 aromatic rings. The van der Waals surface area contributed by atoms with Gasteiger partial charge < -0.3 is 5.11 Å². The highest BCUT2D eigenvalue weighted by atomic mass is 16.3. The normalized spacial score (nSPS) is 12.8. The summed E-state index contributed by atoms with van der Waals surface area (Å²) >= 11 is 0. The minimum absolute atomic E-state index is 0.00805. The molecule has 0 fully saturated rings. The second-order valence-electron chi connectivity index (χ2n) is 3.12. The third-order valence-electron chi connectivity index (χ3n) is 1.97. The maximum absolute atomic E-state index is 10.3. The fraction of sp³-hybridized carbons (Fsp3) is 1.00. The number of nitroso groups, excluding NO2 is 1. The van der Waals surface area contributed by atoms with Crippen LogP contribution < -0.4 is 0 Å². The number of aliphatic hydroxyl groups is 1. The molecule has 3 nitrogen and oxygen atoms in total. The van der Waals surface area contributed by atoms with E-state index < -0.39 is 0 Å². The molecule has 72 valence electrons. The molecule has 0 heterocycles. The summed E-state index contributed by atoms with van der Waals surface area (Å²) in [5.41, 5.74) is 0. The first kappa shape index (κ1) is 11.6. The molecule has 0 aliphatic rings. The minimum atomic E-state index is 0.00805. The predicted molar refractivity (Wildman–Crippen MR) is 50.0 cm³/mol. The van der Waals surface area contributed by atoms with Crippen LogP contribution in [0.15, 0.2) is 5.18 Å². The van der Waals surface area contributed by atoms with E-state index in [1.807, 2.05) is 0 Å². The lowest BCUT2D eigenvalue weighted by Crippen LogP contribution is -2.02. The number of hydrogen-bond acceptors (Lipinski definition) is 3. The lowest BCUT2D eigenvalue weighted by atomic mass is 10.1.